The quantitative estimate of drug-likeness (QED) is 0.213. The summed E-state index contributed by atoms with van der Waals surface area (Å²) in [5, 5.41) is 0. The van der Waals surface area contributed by atoms with E-state index in [9.17, 15) is 4.79 Å². The monoisotopic (exact) mass is 538 g/mol. The Labute approximate surface area is 228 Å². The van der Waals surface area contributed by atoms with E-state index in [1.165, 1.54) is 6.42 Å². The summed E-state index contributed by atoms with van der Waals surface area (Å²) in [4.78, 5) is 24.1. The number of esters is 1. The largest absolute Gasteiger partial charge is 2.00 e. The molecule has 8 atom stereocenters. The molecule has 10 radical (unpaired) electrons. The Kier molecular flexibility index (Phi) is 9.88. The van der Waals surface area contributed by atoms with Gasteiger partial charge in [0, 0.05) is 12.3 Å². The predicted octanol–water partition coefficient (Wildman–Crippen LogP) is 4.98. The minimum atomic E-state index is -0.738. The van der Waals surface area contributed by atoms with Crippen LogP contribution in [0.3, 0.4) is 0 Å². The zero-order valence-electron chi connectivity index (χ0n) is 21.4. The van der Waals surface area contributed by atoms with Gasteiger partial charge in [-0.15, -0.1) is 0 Å². The summed E-state index contributed by atoms with van der Waals surface area (Å²) < 4.78 is 18.4. The maximum absolute atomic E-state index is 12.0. The maximum atomic E-state index is 12.0. The van der Waals surface area contributed by atoms with Gasteiger partial charge in [-0.3, -0.25) is 4.79 Å². The van der Waals surface area contributed by atoms with Crippen LogP contribution in [0.15, 0.2) is 0 Å². The predicted molar refractivity (Wildman–Crippen MR) is 129 cm³/mol. The van der Waals surface area contributed by atoms with E-state index in [0.29, 0.717) is 36.2 Å². The third-order valence-corrected chi connectivity index (χ3v) is 8.62. The number of rotatable bonds is 5. The van der Waals surface area contributed by atoms with E-state index in [1.54, 1.807) is 12.8 Å². The molecule has 2 bridgehead atoms. The van der Waals surface area contributed by atoms with Gasteiger partial charge in [0.2, 0.25) is 5.79 Å². The molecule has 7 rings (SSSR count). The van der Waals surface area contributed by atoms with Crippen LogP contribution in [-0.4, -0.2) is 36.4 Å². The molecular weight excluding hydrogens is 500 g/mol. The summed E-state index contributed by atoms with van der Waals surface area (Å²) in [7, 11) is 0. The van der Waals surface area contributed by atoms with E-state index in [4.69, 9.17) is 24.0 Å². The molecule has 196 valence electrons. The van der Waals surface area contributed by atoms with Crippen LogP contribution in [0.1, 0.15) is 59.3 Å². The number of hydrogen-bond acceptors (Lipinski definition) is 6. The Morgan fingerprint density at radius 1 is 0.972 bits per heavy atom. The van der Waals surface area contributed by atoms with Crippen molar-refractivity contribution in [2.24, 2.45) is 23.7 Å². The van der Waals surface area contributed by atoms with Crippen molar-refractivity contribution in [2.45, 2.75) is 83.1 Å². The van der Waals surface area contributed by atoms with Gasteiger partial charge in [0.05, 0.1) is 18.6 Å². The standard InChI is InChI=1S/C24H33O6.C5H5.Fe/c1-15-10-11-19-16(2)20(9-6-14-26-21(25)17-7-4-5-8-17)27-22-24(19)18(15)12-13-23(3,28-22)29-30-24;1-2-4-5-3-1;/h4-5,7-8,15-16,18-20,22H,6,9-14H2,1-3H3;1-5H;/q;;+2/t15-,16-,18+,19?,20?,22-,23+,24-;;/m1../s1. The molecule has 4 heterocycles. The molecule has 2 unspecified atom stereocenters. The third-order valence-electron chi connectivity index (χ3n) is 8.62. The zero-order chi connectivity index (χ0) is 24.5. The molecule has 7 heteroatoms. The molecule has 3 saturated carbocycles. The van der Waals surface area contributed by atoms with Gasteiger partial charge in [-0.2, -0.15) is 0 Å². The SMILES string of the molecule is C[C@H]1C(CCCOC(=O)[C]2[CH][CH][CH][CH]2)O[C@@H]2O[C@]3(C)CC[C@H]4[C@H](C)CCC1[C@@]24OO3.[CH]1[CH][CH][CH][CH]1.[Fe+2]. The molecule has 1 spiro atoms. The van der Waals surface area contributed by atoms with Crippen molar-refractivity contribution in [3.63, 3.8) is 0 Å². The number of hydrogen-bond donors (Lipinski definition) is 0. The van der Waals surface area contributed by atoms with Gasteiger partial charge in [-0.1, -0.05) is 13.8 Å². The summed E-state index contributed by atoms with van der Waals surface area (Å²) in [6, 6.07) is 0. The van der Waals surface area contributed by atoms with Crippen LogP contribution in [0, 0.1) is 87.4 Å². The second kappa shape index (κ2) is 12.3. The fraction of sp³-hybridized carbons (Fsp3) is 0.621. The Hall–Kier alpha value is -0.171. The second-order valence-electron chi connectivity index (χ2n) is 10.9. The molecule has 7 fully saturated rings. The smallest absolute Gasteiger partial charge is 0.465 e. The maximum Gasteiger partial charge on any atom is 2.00 e. The number of ether oxygens (including phenoxy) is 3. The van der Waals surface area contributed by atoms with Crippen molar-refractivity contribution in [3.8, 4) is 0 Å². The molecule has 0 amide bonds. The minimum Gasteiger partial charge on any atom is -0.465 e. The molecule has 6 nitrogen and oxygen atoms in total. The molecule has 4 aliphatic heterocycles. The van der Waals surface area contributed by atoms with Gasteiger partial charge in [-0.05, 0) is 115 Å². The first-order valence-electron chi connectivity index (χ1n) is 13.2. The van der Waals surface area contributed by atoms with Crippen LogP contribution in [0.2, 0.25) is 0 Å². The van der Waals surface area contributed by atoms with Crippen LogP contribution < -0.4 is 0 Å². The van der Waals surface area contributed by atoms with Crippen molar-refractivity contribution in [1.82, 2.24) is 0 Å². The molecule has 0 N–H and O–H groups in total. The normalized spacial score (nSPS) is 43.5. The molecule has 7 aliphatic rings. The van der Waals surface area contributed by atoms with Gasteiger partial charge in [0.15, 0.2) is 11.9 Å². The molecule has 0 aromatic carbocycles. The fourth-order valence-electron chi connectivity index (χ4n) is 6.67. The van der Waals surface area contributed by atoms with Gasteiger partial charge in [-0.25, -0.2) is 9.78 Å². The number of carbonyl (C=O) groups excluding carboxylic acids is 1. The van der Waals surface area contributed by atoms with E-state index in [-0.39, 0.29) is 29.1 Å². The first-order valence-corrected chi connectivity index (χ1v) is 13.2. The number of carbonyl (C=O) groups is 1. The van der Waals surface area contributed by atoms with Gasteiger partial charge < -0.3 is 14.2 Å². The summed E-state index contributed by atoms with van der Waals surface area (Å²) in [5.41, 5.74) is -0.506. The first-order chi connectivity index (χ1) is 16.9. The average molecular weight is 538 g/mol. The third kappa shape index (κ3) is 5.72. The van der Waals surface area contributed by atoms with E-state index in [2.05, 4.69) is 13.8 Å². The molecule has 0 aromatic heterocycles. The van der Waals surface area contributed by atoms with Crippen LogP contribution >= 0.6 is 0 Å². The molecule has 36 heavy (non-hydrogen) atoms. The molecular formula is C29H38FeO6+2. The van der Waals surface area contributed by atoms with E-state index in [0.717, 1.165) is 32.1 Å². The Balaban J connectivity index is 0.000000455. The van der Waals surface area contributed by atoms with E-state index < -0.39 is 17.7 Å². The second-order valence-corrected chi connectivity index (χ2v) is 10.9. The van der Waals surface area contributed by atoms with Crippen molar-refractivity contribution in [2.75, 3.05) is 6.61 Å². The zero-order valence-corrected chi connectivity index (χ0v) is 22.5. The molecule has 3 aliphatic carbocycles. The van der Waals surface area contributed by atoms with Gasteiger partial charge >= 0.3 is 23.0 Å². The van der Waals surface area contributed by atoms with Crippen molar-refractivity contribution in [1.29, 1.82) is 0 Å². The Morgan fingerprint density at radius 3 is 2.36 bits per heavy atom. The first kappa shape index (κ1) is 28.8. The summed E-state index contributed by atoms with van der Waals surface area (Å²) in [6.45, 7) is 6.95. The van der Waals surface area contributed by atoms with Crippen LogP contribution in [0.4, 0.5) is 0 Å². The van der Waals surface area contributed by atoms with Crippen LogP contribution in [-0.2, 0) is 45.8 Å². The fourth-order valence-corrected chi connectivity index (χ4v) is 6.67. The van der Waals surface area contributed by atoms with Crippen LogP contribution in [0.25, 0.3) is 0 Å². The topological polar surface area (TPSA) is 63.2 Å². The Bertz CT molecular complexity index is 717. The average Bonchev–Trinajstić information content (AvgIpc) is 3.56. The minimum absolute atomic E-state index is 0. The van der Waals surface area contributed by atoms with E-state index in [1.807, 2.05) is 51.9 Å². The van der Waals surface area contributed by atoms with Crippen molar-refractivity contribution in [3.05, 3.63) is 63.7 Å². The van der Waals surface area contributed by atoms with Gasteiger partial charge in [0.25, 0.3) is 0 Å². The van der Waals surface area contributed by atoms with E-state index >= 15 is 0 Å². The molecule has 4 saturated heterocycles. The summed E-state index contributed by atoms with van der Waals surface area (Å²) >= 11 is 0. The Morgan fingerprint density at radius 2 is 1.67 bits per heavy atom. The molecule has 0 aromatic rings. The summed E-state index contributed by atoms with van der Waals surface area (Å²) in [6.07, 6.45) is 22.7. The van der Waals surface area contributed by atoms with Crippen LogP contribution in [0.5, 0.6) is 0 Å². The summed E-state index contributed by atoms with van der Waals surface area (Å²) in [5.74, 6) is 1.24. The van der Waals surface area contributed by atoms with Gasteiger partial charge in [0.1, 0.15) is 0 Å². The van der Waals surface area contributed by atoms with Crippen molar-refractivity contribution >= 4 is 5.97 Å². The van der Waals surface area contributed by atoms with Crippen molar-refractivity contribution < 1.29 is 45.8 Å². The number of fused-ring (bicyclic) bond motifs is 2.